The van der Waals surface area contributed by atoms with E-state index in [1.807, 2.05) is 25.1 Å². The van der Waals surface area contributed by atoms with Crippen LogP contribution in [0.3, 0.4) is 0 Å². The molecule has 4 heteroatoms. The molecule has 0 bridgehead atoms. The quantitative estimate of drug-likeness (QED) is 0.898. The number of hydrogen-bond acceptors (Lipinski definition) is 4. The lowest BCUT2D eigenvalue weighted by Crippen LogP contribution is -2.25. The van der Waals surface area contributed by atoms with Crippen LogP contribution in [0.4, 0.5) is 0 Å². The van der Waals surface area contributed by atoms with E-state index in [2.05, 4.69) is 41.9 Å². The second kappa shape index (κ2) is 7.98. The Morgan fingerprint density at radius 3 is 2.84 bits per heavy atom. The summed E-state index contributed by atoms with van der Waals surface area (Å²) in [5, 5.41) is 10.4. The topological polar surface area (TPSA) is 45.6 Å². The lowest BCUT2D eigenvalue weighted by molar-refractivity contribution is 0.151. The lowest BCUT2D eigenvalue weighted by Gasteiger charge is -2.20. The molecule has 0 saturated heterocycles. The molecule has 1 N–H and O–H groups in total. The molecule has 0 spiro atoms. The van der Waals surface area contributed by atoms with Gasteiger partial charge in [-0.05, 0) is 49.1 Å². The van der Waals surface area contributed by atoms with Gasteiger partial charge in [-0.2, -0.15) is 0 Å². The van der Waals surface area contributed by atoms with Gasteiger partial charge in [-0.15, -0.1) is 0 Å². The number of pyridine rings is 1. The van der Waals surface area contributed by atoms with Crippen molar-refractivity contribution in [3.05, 3.63) is 58.9 Å². The SMILES string of the molecule is Cc1cccc(CN2CCOc3ccc(C(O)CC(C)C)cc3C2)n1. The number of aromatic nitrogens is 1. The molecule has 0 saturated carbocycles. The molecule has 0 radical (unpaired) electrons. The molecule has 1 aromatic carbocycles. The van der Waals surface area contributed by atoms with Crippen LogP contribution in [0.5, 0.6) is 5.75 Å². The standard InChI is InChI=1S/C21H28N2O2/c1-15(2)11-20(24)17-7-8-21-18(12-17)13-23(9-10-25-21)14-19-6-4-5-16(3)22-19/h4-8,12,15,20,24H,9-11,13-14H2,1-3H3. The molecule has 3 rings (SSSR count). The van der Waals surface area contributed by atoms with E-state index in [-0.39, 0.29) is 0 Å². The van der Waals surface area contributed by atoms with Crippen LogP contribution in [0.1, 0.15) is 48.9 Å². The lowest BCUT2D eigenvalue weighted by atomic mass is 9.97. The third-order valence-electron chi connectivity index (χ3n) is 4.55. The molecule has 1 atom stereocenters. The van der Waals surface area contributed by atoms with E-state index in [0.29, 0.717) is 12.5 Å². The van der Waals surface area contributed by atoms with Crippen molar-refractivity contribution in [2.75, 3.05) is 13.2 Å². The van der Waals surface area contributed by atoms with Crippen molar-refractivity contribution >= 4 is 0 Å². The highest BCUT2D eigenvalue weighted by Crippen LogP contribution is 2.29. The molecule has 1 aromatic heterocycles. The van der Waals surface area contributed by atoms with Crippen molar-refractivity contribution in [2.45, 2.75) is 46.4 Å². The van der Waals surface area contributed by atoms with Crippen molar-refractivity contribution in [3.63, 3.8) is 0 Å². The second-order valence-corrected chi connectivity index (χ2v) is 7.34. The molecule has 134 valence electrons. The zero-order valence-electron chi connectivity index (χ0n) is 15.4. The van der Waals surface area contributed by atoms with Gasteiger partial charge in [0.1, 0.15) is 12.4 Å². The molecule has 0 amide bonds. The summed E-state index contributed by atoms with van der Waals surface area (Å²) in [4.78, 5) is 6.96. The van der Waals surface area contributed by atoms with Crippen LogP contribution >= 0.6 is 0 Å². The first kappa shape index (κ1) is 17.9. The van der Waals surface area contributed by atoms with Gasteiger partial charge in [0.15, 0.2) is 0 Å². The number of hydrogen-bond donors (Lipinski definition) is 1. The fraction of sp³-hybridized carbons (Fsp3) is 0.476. The van der Waals surface area contributed by atoms with Crippen molar-refractivity contribution in [3.8, 4) is 5.75 Å². The van der Waals surface area contributed by atoms with Crippen LogP contribution in [0.25, 0.3) is 0 Å². The molecule has 1 aliphatic heterocycles. The summed E-state index contributed by atoms with van der Waals surface area (Å²) in [5.41, 5.74) is 4.25. The van der Waals surface area contributed by atoms with Gasteiger partial charge >= 0.3 is 0 Å². The second-order valence-electron chi connectivity index (χ2n) is 7.34. The van der Waals surface area contributed by atoms with E-state index in [9.17, 15) is 5.11 Å². The van der Waals surface area contributed by atoms with Crippen molar-refractivity contribution in [1.29, 1.82) is 0 Å². The number of aryl methyl sites for hydroxylation is 1. The Morgan fingerprint density at radius 2 is 2.08 bits per heavy atom. The summed E-state index contributed by atoms with van der Waals surface area (Å²) in [6.07, 6.45) is 0.358. The summed E-state index contributed by atoms with van der Waals surface area (Å²) in [7, 11) is 0. The molecule has 1 aliphatic rings. The number of rotatable bonds is 5. The minimum absolute atomic E-state index is 0.416. The smallest absolute Gasteiger partial charge is 0.123 e. The Kier molecular flexibility index (Phi) is 5.71. The van der Waals surface area contributed by atoms with Gasteiger partial charge in [0.2, 0.25) is 0 Å². The van der Waals surface area contributed by atoms with Crippen LogP contribution in [-0.2, 0) is 13.1 Å². The van der Waals surface area contributed by atoms with Crippen molar-refractivity contribution < 1.29 is 9.84 Å². The average molecular weight is 340 g/mol. The summed E-state index contributed by atoms with van der Waals surface area (Å²) >= 11 is 0. The van der Waals surface area contributed by atoms with Gasteiger partial charge in [0, 0.05) is 30.9 Å². The van der Waals surface area contributed by atoms with Crippen LogP contribution in [0.2, 0.25) is 0 Å². The molecule has 4 nitrogen and oxygen atoms in total. The molecule has 0 aliphatic carbocycles. The third-order valence-corrected chi connectivity index (χ3v) is 4.55. The fourth-order valence-electron chi connectivity index (χ4n) is 3.31. The summed E-state index contributed by atoms with van der Waals surface area (Å²) in [6, 6.07) is 12.2. The van der Waals surface area contributed by atoms with E-state index in [1.54, 1.807) is 0 Å². The van der Waals surface area contributed by atoms with Gasteiger partial charge in [-0.3, -0.25) is 9.88 Å². The van der Waals surface area contributed by atoms with Crippen LogP contribution in [0, 0.1) is 12.8 Å². The highest BCUT2D eigenvalue weighted by molar-refractivity contribution is 5.38. The summed E-state index contributed by atoms with van der Waals surface area (Å²) < 4.78 is 5.91. The van der Waals surface area contributed by atoms with Gasteiger partial charge < -0.3 is 9.84 Å². The number of ether oxygens (including phenoxy) is 1. The van der Waals surface area contributed by atoms with Crippen molar-refractivity contribution in [1.82, 2.24) is 9.88 Å². The molecule has 2 heterocycles. The highest BCUT2D eigenvalue weighted by Gasteiger charge is 2.18. The normalized spacial score (nSPS) is 16.2. The number of benzene rings is 1. The fourth-order valence-corrected chi connectivity index (χ4v) is 3.31. The molecular formula is C21H28N2O2. The predicted molar refractivity (Wildman–Crippen MR) is 99.4 cm³/mol. The Hall–Kier alpha value is -1.91. The van der Waals surface area contributed by atoms with Crippen LogP contribution < -0.4 is 4.74 Å². The number of aliphatic hydroxyl groups is 1. The maximum Gasteiger partial charge on any atom is 0.123 e. The van der Waals surface area contributed by atoms with Crippen LogP contribution in [-0.4, -0.2) is 28.1 Å². The highest BCUT2D eigenvalue weighted by atomic mass is 16.5. The van der Waals surface area contributed by atoms with Gasteiger partial charge in [-0.25, -0.2) is 0 Å². The Morgan fingerprint density at radius 1 is 1.24 bits per heavy atom. The number of fused-ring (bicyclic) bond motifs is 1. The molecule has 1 unspecified atom stereocenters. The maximum absolute atomic E-state index is 10.4. The number of aliphatic hydroxyl groups excluding tert-OH is 1. The molecule has 0 fully saturated rings. The first-order valence-corrected chi connectivity index (χ1v) is 9.10. The molecule has 2 aromatic rings. The van der Waals surface area contributed by atoms with E-state index in [0.717, 1.165) is 54.3 Å². The zero-order valence-corrected chi connectivity index (χ0v) is 15.4. The minimum atomic E-state index is -0.416. The van der Waals surface area contributed by atoms with E-state index >= 15 is 0 Å². The van der Waals surface area contributed by atoms with E-state index in [1.165, 1.54) is 0 Å². The first-order valence-electron chi connectivity index (χ1n) is 9.10. The van der Waals surface area contributed by atoms with E-state index in [4.69, 9.17) is 4.74 Å². The average Bonchev–Trinajstić information content (AvgIpc) is 2.75. The van der Waals surface area contributed by atoms with Crippen LogP contribution in [0.15, 0.2) is 36.4 Å². The molecule has 25 heavy (non-hydrogen) atoms. The maximum atomic E-state index is 10.4. The number of nitrogens with zero attached hydrogens (tertiary/aromatic N) is 2. The predicted octanol–water partition coefficient (Wildman–Crippen LogP) is 3.86. The monoisotopic (exact) mass is 340 g/mol. The van der Waals surface area contributed by atoms with Gasteiger partial charge in [0.25, 0.3) is 0 Å². The van der Waals surface area contributed by atoms with Gasteiger partial charge in [0.05, 0.1) is 11.8 Å². The minimum Gasteiger partial charge on any atom is -0.492 e. The molecular weight excluding hydrogens is 312 g/mol. The first-order chi connectivity index (χ1) is 12.0. The van der Waals surface area contributed by atoms with E-state index < -0.39 is 6.10 Å². The summed E-state index contributed by atoms with van der Waals surface area (Å²) in [6.45, 7) is 9.45. The van der Waals surface area contributed by atoms with Crippen molar-refractivity contribution in [2.24, 2.45) is 5.92 Å². The Labute approximate surface area is 150 Å². The largest absolute Gasteiger partial charge is 0.492 e. The summed E-state index contributed by atoms with van der Waals surface area (Å²) in [5.74, 6) is 1.40. The Balaban J connectivity index is 1.76. The zero-order chi connectivity index (χ0) is 17.8. The van der Waals surface area contributed by atoms with Gasteiger partial charge in [-0.1, -0.05) is 26.0 Å². The third kappa shape index (κ3) is 4.80. The Bertz CT molecular complexity index is 715.